The van der Waals surface area contributed by atoms with E-state index in [0.717, 1.165) is 0 Å². The summed E-state index contributed by atoms with van der Waals surface area (Å²) in [5.74, 6) is -1.95. The van der Waals surface area contributed by atoms with Crippen LogP contribution in [-0.4, -0.2) is 47.6 Å². The largest absolute Gasteiger partial charge is 0.480 e. The first-order valence-electron chi connectivity index (χ1n) is 6.75. The van der Waals surface area contributed by atoms with Crippen LogP contribution >= 0.6 is 0 Å². The highest BCUT2D eigenvalue weighted by molar-refractivity contribution is 5.98. The van der Waals surface area contributed by atoms with Gasteiger partial charge in [-0.2, -0.15) is 0 Å². The Balaban J connectivity index is 2.06. The number of nitrogen functional groups attached to an aromatic ring is 1. The minimum atomic E-state index is -1.18. The first-order chi connectivity index (χ1) is 10.8. The normalized spacial score (nSPS) is 18.2. The fourth-order valence-electron chi connectivity index (χ4n) is 2.00. The molecular weight excluding hydrogens is 304 g/mol. The van der Waals surface area contributed by atoms with Gasteiger partial charge in [0, 0.05) is 11.3 Å². The topological polar surface area (TPSA) is 146 Å². The lowest BCUT2D eigenvalue weighted by Gasteiger charge is -2.14. The lowest BCUT2D eigenvalue weighted by Crippen LogP contribution is -2.45. The molecule has 1 heterocycles. The number of carbonyl (C=O) groups is 3. The summed E-state index contributed by atoms with van der Waals surface area (Å²) in [7, 11) is 0. The molecule has 2 unspecified atom stereocenters. The van der Waals surface area contributed by atoms with Crippen molar-refractivity contribution < 1.29 is 24.2 Å². The van der Waals surface area contributed by atoms with Crippen LogP contribution in [0, 0.1) is 5.41 Å². The molecule has 1 fully saturated rings. The minimum Gasteiger partial charge on any atom is -0.480 e. The summed E-state index contributed by atoms with van der Waals surface area (Å²) in [6, 6.07) is 5.23. The maximum absolute atomic E-state index is 11.9. The van der Waals surface area contributed by atoms with Crippen LogP contribution in [0.15, 0.2) is 24.3 Å². The van der Waals surface area contributed by atoms with E-state index in [1.807, 2.05) is 0 Å². The molecule has 1 aliphatic rings. The summed E-state index contributed by atoms with van der Waals surface area (Å²) in [5, 5.41) is 18.3. The second-order valence-corrected chi connectivity index (χ2v) is 5.01. The second kappa shape index (κ2) is 6.34. The van der Waals surface area contributed by atoms with Gasteiger partial charge in [-0.1, -0.05) is 0 Å². The van der Waals surface area contributed by atoms with Gasteiger partial charge in [0.2, 0.25) is 0 Å². The molecular formula is C14H16N4O5. The smallest absolute Gasteiger partial charge is 0.415 e. The molecule has 0 saturated carbocycles. The molecule has 0 aliphatic carbocycles. The molecule has 9 heteroatoms. The maximum atomic E-state index is 11.9. The fraction of sp³-hybridized carbons (Fsp3) is 0.286. The number of benzene rings is 1. The summed E-state index contributed by atoms with van der Waals surface area (Å²) >= 11 is 0. The molecule has 2 rings (SSSR count). The van der Waals surface area contributed by atoms with Gasteiger partial charge in [0.15, 0.2) is 6.10 Å². The number of rotatable bonds is 5. The molecule has 5 N–H and O–H groups in total. The van der Waals surface area contributed by atoms with Crippen LogP contribution in [0.3, 0.4) is 0 Å². The number of carboxylic acid groups (broad SMARTS) is 1. The molecule has 2 atom stereocenters. The van der Waals surface area contributed by atoms with Crippen LogP contribution in [0.1, 0.15) is 12.5 Å². The molecule has 0 aromatic heterocycles. The van der Waals surface area contributed by atoms with E-state index in [-0.39, 0.29) is 12.4 Å². The molecule has 9 nitrogen and oxygen atoms in total. The molecule has 1 aliphatic heterocycles. The van der Waals surface area contributed by atoms with E-state index in [1.165, 1.54) is 11.8 Å². The molecule has 1 aromatic carbocycles. The van der Waals surface area contributed by atoms with Gasteiger partial charge >= 0.3 is 12.1 Å². The Hall–Kier alpha value is -3.10. The SMILES string of the molecule is CC(NC(=O)C1CN(c2ccc(C(=N)N)cc2)C(=O)O1)C(=O)O. The van der Waals surface area contributed by atoms with E-state index < -0.39 is 30.1 Å². The lowest BCUT2D eigenvalue weighted by molar-refractivity contribution is -0.142. The third-order valence-electron chi connectivity index (χ3n) is 3.32. The van der Waals surface area contributed by atoms with Crippen molar-refractivity contribution in [1.82, 2.24) is 5.32 Å². The number of hydrogen-bond acceptors (Lipinski definition) is 5. The summed E-state index contributed by atoms with van der Waals surface area (Å²) in [6.07, 6.45) is -1.79. The van der Waals surface area contributed by atoms with Crippen LogP contribution in [0.2, 0.25) is 0 Å². The summed E-state index contributed by atoms with van der Waals surface area (Å²) in [6.45, 7) is 1.28. The first-order valence-corrected chi connectivity index (χ1v) is 6.75. The number of aliphatic carboxylic acids is 1. The predicted molar refractivity (Wildman–Crippen MR) is 80.3 cm³/mol. The minimum absolute atomic E-state index is 0.0313. The van der Waals surface area contributed by atoms with Crippen LogP contribution in [0.5, 0.6) is 0 Å². The van der Waals surface area contributed by atoms with Crippen LogP contribution in [0.4, 0.5) is 10.5 Å². The molecule has 1 aromatic rings. The van der Waals surface area contributed by atoms with Gasteiger partial charge in [-0.15, -0.1) is 0 Å². The third-order valence-corrected chi connectivity index (χ3v) is 3.32. The quantitative estimate of drug-likeness (QED) is 0.439. The Morgan fingerprint density at radius 3 is 2.57 bits per heavy atom. The average Bonchev–Trinajstić information content (AvgIpc) is 2.89. The van der Waals surface area contributed by atoms with Gasteiger partial charge in [0.1, 0.15) is 11.9 Å². The number of amidine groups is 1. The molecule has 0 spiro atoms. The summed E-state index contributed by atoms with van der Waals surface area (Å²) in [5.41, 5.74) is 6.35. The van der Waals surface area contributed by atoms with E-state index in [4.69, 9.17) is 21.0 Å². The predicted octanol–water partition coefficient (Wildman–Crippen LogP) is -0.115. The molecule has 1 saturated heterocycles. The Morgan fingerprint density at radius 2 is 2.04 bits per heavy atom. The number of ether oxygens (including phenoxy) is 1. The first kappa shape index (κ1) is 16.3. The fourth-order valence-corrected chi connectivity index (χ4v) is 2.00. The lowest BCUT2D eigenvalue weighted by atomic mass is 10.2. The molecule has 2 amide bonds. The number of anilines is 1. The summed E-state index contributed by atoms with van der Waals surface area (Å²) in [4.78, 5) is 35.7. The standard InChI is InChI=1S/C14H16N4O5/c1-7(13(20)21)17-12(19)10-6-18(14(22)23-10)9-4-2-8(3-5-9)11(15)16/h2-5,7,10H,6H2,1H3,(H3,15,16)(H,17,19)(H,20,21). The Morgan fingerprint density at radius 1 is 1.43 bits per heavy atom. The second-order valence-electron chi connectivity index (χ2n) is 5.01. The van der Waals surface area contributed by atoms with E-state index in [0.29, 0.717) is 11.3 Å². The Bertz CT molecular complexity index is 658. The maximum Gasteiger partial charge on any atom is 0.415 e. The third kappa shape index (κ3) is 3.57. The van der Waals surface area contributed by atoms with E-state index in [1.54, 1.807) is 24.3 Å². The van der Waals surface area contributed by atoms with Gasteiger partial charge in [-0.25, -0.2) is 4.79 Å². The number of hydrogen-bond donors (Lipinski definition) is 4. The average molecular weight is 320 g/mol. The highest BCUT2D eigenvalue weighted by Gasteiger charge is 2.37. The van der Waals surface area contributed by atoms with E-state index in [9.17, 15) is 14.4 Å². The number of carbonyl (C=O) groups excluding carboxylic acids is 2. The highest BCUT2D eigenvalue weighted by Crippen LogP contribution is 2.22. The van der Waals surface area contributed by atoms with Crippen molar-refractivity contribution in [3.63, 3.8) is 0 Å². The van der Waals surface area contributed by atoms with Gasteiger partial charge in [0.25, 0.3) is 5.91 Å². The Labute approximate surface area is 131 Å². The molecule has 23 heavy (non-hydrogen) atoms. The number of amides is 2. The highest BCUT2D eigenvalue weighted by atomic mass is 16.6. The molecule has 0 radical (unpaired) electrons. The van der Waals surface area contributed by atoms with Crippen molar-refractivity contribution in [2.45, 2.75) is 19.1 Å². The number of nitrogens with zero attached hydrogens (tertiary/aromatic N) is 1. The molecule has 122 valence electrons. The van der Waals surface area contributed by atoms with Gasteiger partial charge < -0.3 is 20.9 Å². The van der Waals surface area contributed by atoms with Crippen molar-refractivity contribution >= 4 is 29.5 Å². The van der Waals surface area contributed by atoms with Crippen molar-refractivity contribution in [3.05, 3.63) is 29.8 Å². The number of nitrogens with one attached hydrogen (secondary N) is 2. The Kier molecular flexibility index (Phi) is 4.49. The monoisotopic (exact) mass is 320 g/mol. The number of carboxylic acids is 1. The van der Waals surface area contributed by atoms with Crippen molar-refractivity contribution in [2.24, 2.45) is 5.73 Å². The zero-order valence-electron chi connectivity index (χ0n) is 12.3. The zero-order valence-corrected chi connectivity index (χ0v) is 12.3. The van der Waals surface area contributed by atoms with Crippen LogP contribution in [-0.2, 0) is 14.3 Å². The number of cyclic esters (lactones) is 1. The van der Waals surface area contributed by atoms with Gasteiger partial charge in [-0.05, 0) is 31.2 Å². The van der Waals surface area contributed by atoms with Gasteiger partial charge in [-0.3, -0.25) is 19.9 Å². The van der Waals surface area contributed by atoms with Crippen molar-refractivity contribution in [1.29, 1.82) is 5.41 Å². The van der Waals surface area contributed by atoms with Crippen molar-refractivity contribution in [3.8, 4) is 0 Å². The molecule has 0 bridgehead atoms. The van der Waals surface area contributed by atoms with E-state index >= 15 is 0 Å². The van der Waals surface area contributed by atoms with E-state index in [2.05, 4.69) is 5.32 Å². The number of nitrogens with two attached hydrogens (primary N) is 1. The zero-order chi connectivity index (χ0) is 17.1. The van der Waals surface area contributed by atoms with Gasteiger partial charge in [0.05, 0.1) is 6.54 Å². The summed E-state index contributed by atoms with van der Waals surface area (Å²) < 4.78 is 4.96. The van der Waals surface area contributed by atoms with Crippen LogP contribution < -0.4 is 16.0 Å². The van der Waals surface area contributed by atoms with Crippen molar-refractivity contribution in [2.75, 3.05) is 11.4 Å². The van der Waals surface area contributed by atoms with Crippen LogP contribution in [0.25, 0.3) is 0 Å².